The highest BCUT2D eigenvalue weighted by atomic mass is 32.1. The molecule has 0 amide bonds. The number of thiazole rings is 1. The van der Waals surface area contributed by atoms with Crippen molar-refractivity contribution < 1.29 is 0 Å². The number of aryl methyl sites for hydroxylation is 1. The molecule has 100 valence electrons. The summed E-state index contributed by atoms with van der Waals surface area (Å²) in [6, 6.07) is 8.98. The van der Waals surface area contributed by atoms with Crippen molar-refractivity contribution in [1.29, 1.82) is 0 Å². The van der Waals surface area contributed by atoms with Gasteiger partial charge in [0, 0.05) is 37.8 Å². The summed E-state index contributed by atoms with van der Waals surface area (Å²) in [5.74, 6) is 0. The van der Waals surface area contributed by atoms with Crippen LogP contribution in [0.3, 0.4) is 0 Å². The summed E-state index contributed by atoms with van der Waals surface area (Å²) in [7, 11) is 0. The zero-order valence-electron chi connectivity index (χ0n) is 11.2. The third-order valence-electron chi connectivity index (χ3n) is 3.69. The van der Waals surface area contributed by atoms with Crippen molar-refractivity contribution in [3.05, 3.63) is 52.0 Å². The van der Waals surface area contributed by atoms with Crippen LogP contribution < -0.4 is 5.32 Å². The van der Waals surface area contributed by atoms with E-state index in [0.717, 1.165) is 26.2 Å². The molecule has 3 nitrogen and oxygen atoms in total. The molecular formula is C15H19N3S. The Labute approximate surface area is 118 Å². The van der Waals surface area contributed by atoms with E-state index in [0.29, 0.717) is 6.04 Å². The smallest absolute Gasteiger partial charge is 0.114 e. The summed E-state index contributed by atoms with van der Waals surface area (Å²) in [6.07, 6.45) is 1.91. The van der Waals surface area contributed by atoms with Gasteiger partial charge in [0.25, 0.3) is 0 Å². The molecule has 1 N–H and O–H groups in total. The van der Waals surface area contributed by atoms with Crippen LogP contribution in [0.4, 0.5) is 0 Å². The Morgan fingerprint density at radius 2 is 2.05 bits per heavy atom. The van der Waals surface area contributed by atoms with E-state index in [2.05, 4.69) is 51.8 Å². The molecule has 1 fully saturated rings. The van der Waals surface area contributed by atoms with E-state index in [1.54, 1.807) is 11.3 Å². The van der Waals surface area contributed by atoms with E-state index in [1.165, 1.54) is 16.1 Å². The molecule has 1 saturated heterocycles. The van der Waals surface area contributed by atoms with Crippen molar-refractivity contribution in [3.8, 4) is 0 Å². The van der Waals surface area contributed by atoms with Gasteiger partial charge in [0.2, 0.25) is 0 Å². The van der Waals surface area contributed by atoms with E-state index < -0.39 is 0 Å². The number of aromatic nitrogens is 1. The lowest BCUT2D eigenvalue weighted by molar-refractivity contribution is 0.197. The highest BCUT2D eigenvalue weighted by Gasteiger charge is 2.26. The van der Waals surface area contributed by atoms with Crippen molar-refractivity contribution >= 4 is 11.3 Å². The molecule has 3 rings (SSSR count). The standard InChI is InChI=1S/C15H19N3S/c1-12-4-2-3-5-13(12)14(15-17-8-11-19-15)18-9-6-16-7-10-18/h2-5,8,11,14,16H,6-7,9-10H2,1H3. The summed E-state index contributed by atoms with van der Waals surface area (Å²) in [6.45, 7) is 6.48. The van der Waals surface area contributed by atoms with Crippen LogP contribution in [0.25, 0.3) is 0 Å². The first kappa shape index (κ1) is 12.8. The molecule has 1 aromatic carbocycles. The molecule has 2 heterocycles. The molecule has 0 bridgehead atoms. The Bertz CT molecular complexity index is 518. The minimum absolute atomic E-state index is 0.309. The van der Waals surface area contributed by atoms with Gasteiger partial charge in [0.1, 0.15) is 5.01 Å². The molecule has 0 aliphatic carbocycles. The van der Waals surface area contributed by atoms with Gasteiger partial charge in [-0.3, -0.25) is 4.90 Å². The Morgan fingerprint density at radius 1 is 1.26 bits per heavy atom. The quantitative estimate of drug-likeness (QED) is 0.931. The number of rotatable bonds is 3. The van der Waals surface area contributed by atoms with E-state index in [9.17, 15) is 0 Å². The van der Waals surface area contributed by atoms with Crippen molar-refractivity contribution in [2.45, 2.75) is 13.0 Å². The number of benzene rings is 1. The Balaban J connectivity index is 1.99. The first-order valence-corrected chi connectivity index (χ1v) is 7.64. The van der Waals surface area contributed by atoms with Crippen LogP contribution >= 0.6 is 11.3 Å². The lowest BCUT2D eigenvalue weighted by Crippen LogP contribution is -2.45. The first-order valence-electron chi connectivity index (χ1n) is 6.76. The van der Waals surface area contributed by atoms with Gasteiger partial charge in [-0.2, -0.15) is 0 Å². The number of hydrogen-bond donors (Lipinski definition) is 1. The molecule has 4 heteroatoms. The summed E-state index contributed by atoms with van der Waals surface area (Å²) in [5.41, 5.74) is 2.74. The fourth-order valence-corrected chi connectivity index (χ4v) is 3.48. The maximum absolute atomic E-state index is 4.57. The summed E-state index contributed by atoms with van der Waals surface area (Å²) < 4.78 is 0. The van der Waals surface area contributed by atoms with Crippen LogP contribution in [-0.2, 0) is 0 Å². The largest absolute Gasteiger partial charge is 0.314 e. The maximum atomic E-state index is 4.57. The highest BCUT2D eigenvalue weighted by Crippen LogP contribution is 2.31. The molecule has 1 aliphatic heterocycles. The second-order valence-electron chi connectivity index (χ2n) is 4.92. The van der Waals surface area contributed by atoms with Gasteiger partial charge in [-0.05, 0) is 18.1 Å². The van der Waals surface area contributed by atoms with Gasteiger partial charge < -0.3 is 5.32 Å². The number of nitrogens with one attached hydrogen (secondary N) is 1. The monoisotopic (exact) mass is 273 g/mol. The van der Waals surface area contributed by atoms with Crippen LogP contribution in [0.1, 0.15) is 22.2 Å². The van der Waals surface area contributed by atoms with Crippen molar-refractivity contribution in [3.63, 3.8) is 0 Å². The van der Waals surface area contributed by atoms with Gasteiger partial charge in [-0.1, -0.05) is 24.3 Å². The number of nitrogens with zero attached hydrogens (tertiary/aromatic N) is 2. The third-order valence-corrected chi connectivity index (χ3v) is 4.51. The molecule has 2 aromatic rings. The van der Waals surface area contributed by atoms with Gasteiger partial charge in [0.05, 0.1) is 6.04 Å². The SMILES string of the molecule is Cc1ccccc1C(c1nccs1)N1CCNCC1. The zero-order chi connectivity index (χ0) is 13.1. The normalized spacial score (nSPS) is 18.4. The van der Waals surface area contributed by atoms with Crippen LogP contribution in [0, 0.1) is 6.92 Å². The average molecular weight is 273 g/mol. The molecule has 0 saturated carbocycles. The topological polar surface area (TPSA) is 28.2 Å². The minimum Gasteiger partial charge on any atom is -0.314 e. The van der Waals surface area contributed by atoms with Crippen LogP contribution in [-0.4, -0.2) is 36.1 Å². The van der Waals surface area contributed by atoms with E-state index in [4.69, 9.17) is 0 Å². The molecule has 1 aliphatic rings. The molecule has 1 unspecified atom stereocenters. The fourth-order valence-electron chi connectivity index (χ4n) is 2.69. The molecule has 19 heavy (non-hydrogen) atoms. The molecular weight excluding hydrogens is 254 g/mol. The first-order chi connectivity index (χ1) is 9.36. The predicted octanol–water partition coefficient (Wildman–Crippen LogP) is 2.45. The minimum atomic E-state index is 0.309. The van der Waals surface area contributed by atoms with Gasteiger partial charge in [-0.25, -0.2) is 4.98 Å². The lowest BCUT2D eigenvalue weighted by atomic mass is 10.00. The van der Waals surface area contributed by atoms with Crippen LogP contribution in [0.2, 0.25) is 0 Å². The number of piperazine rings is 1. The summed E-state index contributed by atoms with van der Waals surface area (Å²) >= 11 is 1.76. The fraction of sp³-hybridized carbons (Fsp3) is 0.400. The molecule has 0 spiro atoms. The Morgan fingerprint density at radius 3 is 2.74 bits per heavy atom. The third kappa shape index (κ3) is 2.71. The molecule has 1 atom stereocenters. The summed E-state index contributed by atoms with van der Waals surface area (Å²) in [4.78, 5) is 7.11. The van der Waals surface area contributed by atoms with Crippen molar-refractivity contribution in [2.75, 3.05) is 26.2 Å². The van der Waals surface area contributed by atoms with Crippen molar-refractivity contribution in [1.82, 2.24) is 15.2 Å². The maximum Gasteiger partial charge on any atom is 0.114 e. The highest BCUT2D eigenvalue weighted by molar-refractivity contribution is 7.09. The van der Waals surface area contributed by atoms with E-state index >= 15 is 0 Å². The predicted molar refractivity (Wildman–Crippen MR) is 79.6 cm³/mol. The van der Waals surface area contributed by atoms with Crippen LogP contribution in [0.15, 0.2) is 35.8 Å². The van der Waals surface area contributed by atoms with Gasteiger partial charge in [-0.15, -0.1) is 11.3 Å². The van der Waals surface area contributed by atoms with Gasteiger partial charge in [0.15, 0.2) is 0 Å². The molecule has 1 aromatic heterocycles. The molecule has 0 radical (unpaired) electrons. The van der Waals surface area contributed by atoms with E-state index in [-0.39, 0.29) is 0 Å². The van der Waals surface area contributed by atoms with Crippen LogP contribution in [0.5, 0.6) is 0 Å². The lowest BCUT2D eigenvalue weighted by Gasteiger charge is -2.34. The Kier molecular flexibility index (Phi) is 3.92. The Hall–Kier alpha value is -1.23. The van der Waals surface area contributed by atoms with Crippen molar-refractivity contribution in [2.24, 2.45) is 0 Å². The number of hydrogen-bond acceptors (Lipinski definition) is 4. The van der Waals surface area contributed by atoms with E-state index in [1.807, 2.05) is 6.20 Å². The second kappa shape index (κ2) is 5.82. The average Bonchev–Trinajstić information content (AvgIpc) is 2.96. The van der Waals surface area contributed by atoms with Gasteiger partial charge >= 0.3 is 0 Å². The second-order valence-corrected chi connectivity index (χ2v) is 5.84. The summed E-state index contributed by atoms with van der Waals surface area (Å²) in [5, 5.41) is 6.70. The zero-order valence-corrected chi connectivity index (χ0v) is 12.0.